The fourth-order valence-corrected chi connectivity index (χ4v) is 3.28. The van der Waals surface area contributed by atoms with Crippen molar-refractivity contribution in [3.8, 4) is 34.1 Å². The topological polar surface area (TPSA) is 87.6 Å². The molecule has 5 rings (SSSR count). The molecule has 4 aromatic rings. The zero-order valence-electron chi connectivity index (χ0n) is 16.4. The molecule has 7 nitrogen and oxygen atoms in total. The highest BCUT2D eigenvalue weighted by Gasteiger charge is 2.23. The van der Waals surface area contributed by atoms with Gasteiger partial charge in [-0.3, -0.25) is 0 Å². The van der Waals surface area contributed by atoms with E-state index >= 15 is 0 Å². The summed E-state index contributed by atoms with van der Waals surface area (Å²) in [6, 6.07) is 13.9. The van der Waals surface area contributed by atoms with Crippen molar-refractivity contribution < 1.29 is 18.3 Å². The number of hydrogen-bond donors (Lipinski definition) is 1. The van der Waals surface area contributed by atoms with Crippen molar-refractivity contribution in [2.24, 2.45) is 5.92 Å². The summed E-state index contributed by atoms with van der Waals surface area (Å²) in [5, 5.41) is 4.58. The highest BCUT2D eigenvalue weighted by atomic mass is 19.3. The van der Waals surface area contributed by atoms with Crippen LogP contribution in [0.3, 0.4) is 0 Å². The maximum atomic E-state index is 12.8. The molecule has 1 aliphatic rings. The molecule has 9 heteroatoms. The van der Waals surface area contributed by atoms with E-state index in [-0.39, 0.29) is 11.5 Å². The van der Waals surface area contributed by atoms with Gasteiger partial charge < -0.3 is 15.2 Å². The Bertz CT molecular complexity index is 1240. The number of benzene rings is 2. The molecule has 158 valence electrons. The molecule has 0 amide bonds. The third kappa shape index (κ3) is 4.11. The summed E-state index contributed by atoms with van der Waals surface area (Å²) in [6.07, 6.45) is 3.79. The number of aromatic nitrogens is 4. The van der Waals surface area contributed by atoms with Crippen LogP contribution >= 0.6 is 0 Å². The first-order chi connectivity index (χ1) is 15.1. The number of nitrogens with two attached hydrogens (primary N) is 1. The van der Waals surface area contributed by atoms with Crippen LogP contribution in [0.25, 0.3) is 28.4 Å². The van der Waals surface area contributed by atoms with Crippen molar-refractivity contribution in [1.29, 1.82) is 0 Å². The molecular formula is C22H19F2N5O2. The second-order valence-corrected chi connectivity index (χ2v) is 7.40. The van der Waals surface area contributed by atoms with Crippen LogP contribution in [0.1, 0.15) is 12.8 Å². The van der Waals surface area contributed by atoms with Gasteiger partial charge in [0.2, 0.25) is 0 Å². The van der Waals surface area contributed by atoms with Crippen LogP contribution in [-0.4, -0.2) is 32.8 Å². The third-order valence-corrected chi connectivity index (χ3v) is 5.01. The van der Waals surface area contributed by atoms with Crippen molar-refractivity contribution in [3.63, 3.8) is 0 Å². The van der Waals surface area contributed by atoms with Gasteiger partial charge in [-0.05, 0) is 55.2 Å². The molecule has 2 heterocycles. The van der Waals surface area contributed by atoms with Gasteiger partial charge in [0.05, 0.1) is 12.3 Å². The Morgan fingerprint density at radius 3 is 2.71 bits per heavy atom. The van der Waals surface area contributed by atoms with Gasteiger partial charge in [-0.1, -0.05) is 12.1 Å². The lowest BCUT2D eigenvalue weighted by Crippen LogP contribution is -2.06. The molecule has 1 aliphatic carbocycles. The summed E-state index contributed by atoms with van der Waals surface area (Å²) < 4.78 is 37.7. The Morgan fingerprint density at radius 2 is 1.94 bits per heavy atom. The first kappa shape index (κ1) is 19.2. The normalized spacial score (nSPS) is 13.6. The smallest absolute Gasteiger partial charge is 0.387 e. The summed E-state index contributed by atoms with van der Waals surface area (Å²) >= 11 is 0. The SMILES string of the molecule is Nc1cccc(-c2nc3nccc(-c4ccc(OC(F)F)c(OCC5CC5)c4)n3n2)c1. The molecule has 0 bridgehead atoms. The molecule has 2 aromatic heterocycles. The first-order valence-corrected chi connectivity index (χ1v) is 9.86. The number of anilines is 1. The van der Waals surface area contributed by atoms with E-state index in [1.54, 1.807) is 41.0 Å². The van der Waals surface area contributed by atoms with Crippen LogP contribution < -0.4 is 15.2 Å². The van der Waals surface area contributed by atoms with E-state index < -0.39 is 6.61 Å². The number of alkyl halides is 2. The predicted octanol–water partition coefficient (Wildman–Crippen LogP) is 4.43. The van der Waals surface area contributed by atoms with E-state index in [4.69, 9.17) is 10.5 Å². The van der Waals surface area contributed by atoms with Gasteiger partial charge in [-0.15, -0.1) is 5.10 Å². The van der Waals surface area contributed by atoms with Gasteiger partial charge in [0.1, 0.15) is 0 Å². The fourth-order valence-electron chi connectivity index (χ4n) is 3.28. The van der Waals surface area contributed by atoms with Crippen LogP contribution in [0, 0.1) is 5.92 Å². The zero-order chi connectivity index (χ0) is 21.4. The van der Waals surface area contributed by atoms with Crippen LogP contribution in [0.15, 0.2) is 54.7 Å². The molecule has 2 N–H and O–H groups in total. The first-order valence-electron chi connectivity index (χ1n) is 9.86. The average Bonchev–Trinajstić information content (AvgIpc) is 3.48. The van der Waals surface area contributed by atoms with Gasteiger partial charge in [-0.25, -0.2) is 4.98 Å². The quantitative estimate of drug-likeness (QED) is 0.443. The molecule has 0 atom stereocenters. The van der Waals surface area contributed by atoms with Gasteiger partial charge in [0.25, 0.3) is 5.78 Å². The molecule has 0 radical (unpaired) electrons. The average molecular weight is 423 g/mol. The van der Waals surface area contributed by atoms with Crippen LogP contribution in [-0.2, 0) is 0 Å². The summed E-state index contributed by atoms with van der Waals surface area (Å²) in [6.45, 7) is -2.46. The second-order valence-electron chi connectivity index (χ2n) is 7.40. The number of hydrogen-bond acceptors (Lipinski definition) is 6. The molecule has 1 fully saturated rings. The number of nitrogens with zero attached hydrogens (tertiary/aromatic N) is 4. The van der Waals surface area contributed by atoms with Gasteiger partial charge in [0.15, 0.2) is 17.3 Å². The highest BCUT2D eigenvalue weighted by Crippen LogP contribution is 2.36. The van der Waals surface area contributed by atoms with Crippen molar-refractivity contribution in [3.05, 3.63) is 54.7 Å². The second kappa shape index (κ2) is 7.82. The monoisotopic (exact) mass is 423 g/mol. The van der Waals surface area contributed by atoms with Gasteiger partial charge in [0, 0.05) is 23.0 Å². The van der Waals surface area contributed by atoms with Gasteiger partial charge >= 0.3 is 6.61 Å². The minimum absolute atomic E-state index is 0.00346. The Kier molecular flexibility index (Phi) is 4.85. The number of nitrogen functional groups attached to an aromatic ring is 1. The Morgan fingerprint density at radius 1 is 1.06 bits per heavy atom. The molecule has 1 saturated carbocycles. The fraction of sp³-hybridized carbons (Fsp3) is 0.227. The minimum Gasteiger partial charge on any atom is -0.489 e. The lowest BCUT2D eigenvalue weighted by Gasteiger charge is -2.14. The van der Waals surface area contributed by atoms with Gasteiger partial charge in [-0.2, -0.15) is 18.3 Å². The molecule has 0 spiro atoms. The van der Waals surface area contributed by atoms with E-state index in [9.17, 15) is 8.78 Å². The molecule has 2 aromatic carbocycles. The summed E-state index contributed by atoms with van der Waals surface area (Å²) in [4.78, 5) is 8.77. The van der Waals surface area contributed by atoms with E-state index in [2.05, 4.69) is 19.8 Å². The van der Waals surface area contributed by atoms with Crippen molar-refractivity contribution in [1.82, 2.24) is 19.6 Å². The van der Waals surface area contributed by atoms with Crippen molar-refractivity contribution >= 4 is 11.5 Å². The standard InChI is InChI=1S/C22H19F2N5O2/c23-21(24)31-18-7-6-14(11-19(18)30-12-13-4-5-13)17-8-9-26-22-27-20(28-29(17)22)15-2-1-3-16(25)10-15/h1-3,6-11,13,21H,4-5,12,25H2. The number of rotatable bonds is 7. The summed E-state index contributed by atoms with van der Waals surface area (Å²) in [5.74, 6) is 1.62. The molecular weight excluding hydrogens is 404 g/mol. The van der Waals surface area contributed by atoms with E-state index in [0.29, 0.717) is 41.1 Å². The van der Waals surface area contributed by atoms with Crippen molar-refractivity contribution in [2.45, 2.75) is 19.5 Å². The summed E-state index contributed by atoms with van der Waals surface area (Å²) in [7, 11) is 0. The lowest BCUT2D eigenvalue weighted by atomic mass is 10.1. The number of halogens is 2. The predicted molar refractivity (Wildman–Crippen MR) is 111 cm³/mol. The van der Waals surface area contributed by atoms with E-state index in [1.165, 1.54) is 6.07 Å². The molecule has 0 aliphatic heterocycles. The Hall–Kier alpha value is -3.75. The maximum Gasteiger partial charge on any atom is 0.387 e. The minimum atomic E-state index is -2.93. The van der Waals surface area contributed by atoms with E-state index in [1.807, 2.05) is 12.1 Å². The molecule has 0 saturated heterocycles. The molecule has 31 heavy (non-hydrogen) atoms. The van der Waals surface area contributed by atoms with Crippen LogP contribution in [0.5, 0.6) is 11.5 Å². The van der Waals surface area contributed by atoms with Crippen molar-refractivity contribution in [2.75, 3.05) is 12.3 Å². The maximum absolute atomic E-state index is 12.8. The third-order valence-electron chi connectivity index (χ3n) is 5.01. The molecule has 0 unspecified atom stereocenters. The zero-order valence-corrected chi connectivity index (χ0v) is 16.4. The highest BCUT2D eigenvalue weighted by molar-refractivity contribution is 5.67. The van der Waals surface area contributed by atoms with Crippen LogP contribution in [0.4, 0.5) is 14.5 Å². The lowest BCUT2D eigenvalue weighted by molar-refractivity contribution is -0.0515. The number of ether oxygens (including phenoxy) is 2. The Balaban J connectivity index is 1.55. The number of fused-ring (bicyclic) bond motifs is 1. The largest absolute Gasteiger partial charge is 0.489 e. The Labute approximate surface area is 176 Å². The van der Waals surface area contributed by atoms with Crippen LogP contribution in [0.2, 0.25) is 0 Å². The van der Waals surface area contributed by atoms with E-state index in [0.717, 1.165) is 18.4 Å². The summed E-state index contributed by atoms with van der Waals surface area (Å²) in [5.41, 5.74) is 8.65.